The third-order valence-electron chi connectivity index (χ3n) is 6.10. The zero-order valence-electron chi connectivity index (χ0n) is 19.3. The molecule has 3 aromatic rings. The summed E-state index contributed by atoms with van der Waals surface area (Å²) in [7, 11) is 0. The number of halogens is 2. The third kappa shape index (κ3) is 5.70. The third-order valence-corrected chi connectivity index (χ3v) is 6.27. The minimum Gasteiger partial charge on any atom is -0.378 e. The number of H-pyrrole nitrogens is 1. The van der Waals surface area contributed by atoms with Gasteiger partial charge in [-0.25, -0.2) is 14.4 Å². The molecular formula is C24H31ClFN5O. The van der Waals surface area contributed by atoms with Crippen molar-refractivity contribution >= 4 is 34.7 Å². The molecule has 3 heterocycles. The quantitative estimate of drug-likeness (QED) is 0.348. The van der Waals surface area contributed by atoms with E-state index in [1.807, 2.05) is 0 Å². The molecule has 1 N–H and O–H groups in total. The Labute approximate surface area is 193 Å². The fourth-order valence-electron chi connectivity index (χ4n) is 3.78. The maximum Gasteiger partial charge on any atom is 0.225 e. The van der Waals surface area contributed by atoms with Crippen LogP contribution in [0.25, 0.3) is 22.4 Å². The predicted octanol–water partition coefficient (Wildman–Crippen LogP) is 6.69. The Balaban J connectivity index is 0.000000222. The lowest BCUT2D eigenvalue weighted by Crippen LogP contribution is -2.27. The topological polar surface area (TPSA) is 76.0 Å². The van der Waals surface area contributed by atoms with Crippen molar-refractivity contribution in [3.05, 3.63) is 35.1 Å². The van der Waals surface area contributed by atoms with E-state index in [0.717, 1.165) is 18.4 Å². The number of nitrogens with zero attached hydrogens (tertiary/aromatic N) is 4. The molecule has 3 unspecified atom stereocenters. The number of nitrogens with one attached hydrogen (secondary N) is 1. The van der Waals surface area contributed by atoms with Crippen LogP contribution >= 0.6 is 11.6 Å². The standard InChI is InChI=1S/C14H11ClFN5.C10H20O/c1-3-17-10-5-8(4-9(16)7(10)2)11-12-13(19-6-18-12)21-14(15)20-11;1-4-8(2)10-6-5-9(3)11-7-10/h3-6H,1-2H3,(H,18,19,20,21);8-10H,4-7H2,1-3H3. The zero-order valence-corrected chi connectivity index (χ0v) is 20.1. The molecule has 172 valence electrons. The van der Waals surface area contributed by atoms with Crippen molar-refractivity contribution < 1.29 is 9.13 Å². The maximum absolute atomic E-state index is 14.1. The summed E-state index contributed by atoms with van der Waals surface area (Å²) in [4.78, 5) is 19.4. The van der Waals surface area contributed by atoms with E-state index in [2.05, 4.69) is 45.7 Å². The summed E-state index contributed by atoms with van der Waals surface area (Å²) in [6, 6.07) is 3.17. The lowest BCUT2D eigenvalue weighted by Gasteiger charge is -2.30. The summed E-state index contributed by atoms with van der Waals surface area (Å²) in [5, 5.41) is 0.0612. The number of aliphatic imine (C=N–C) groups is 1. The molecule has 0 spiro atoms. The molecule has 1 aliphatic rings. The van der Waals surface area contributed by atoms with Crippen LogP contribution in [-0.4, -0.2) is 38.9 Å². The van der Waals surface area contributed by atoms with Gasteiger partial charge in [0.2, 0.25) is 5.28 Å². The second-order valence-corrected chi connectivity index (χ2v) is 8.64. The Morgan fingerprint density at radius 3 is 2.78 bits per heavy atom. The summed E-state index contributed by atoms with van der Waals surface area (Å²) >= 11 is 5.90. The van der Waals surface area contributed by atoms with Crippen LogP contribution in [0, 0.1) is 24.6 Å². The smallest absolute Gasteiger partial charge is 0.225 e. The monoisotopic (exact) mass is 459 g/mol. The van der Waals surface area contributed by atoms with E-state index in [1.54, 1.807) is 26.1 Å². The number of benzene rings is 1. The molecule has 1 aliphatic heterocycles. The lowest BCUT2D eigenvalue weighted by molar-refractivity contribution is -0.0204. The van der Waals surface area contributed by atoms with E-state index in [0.29, 0.717) is 39.8 Å². The first kappa shape index (κ1) is 24.3. The van der Waals surface area contributed by atoms with E-state index in [9.17, 15) is 4.39 Å². The molecule has 3 atom stereocenters. The Hall–Kier alpha value is -2.38. The van der Waals surface area contributed by atoms with Crippen molar-refractivity contribution in [1.29, 1.82) is 0 Å². The van der Waals surface area contributed by atoms with E-state index < -0.39 is 0 Å². The van der Waals surface area contributed by atoms with Crippen LogP contribution < -0.4 is 0 Å². The first-order valence-corrected chi connectivity index (χ1v) is 11.5. The number of ether oxygens (including phenoxy) is 1. The van der Waals surface area contributed by atoms with Crippen LogP contribution in [0.3, 0.4) is 0 Å². The Kier molecular flexibility index (Phi) is 8.32. The highest BCUT2D eigenvalue weighted by atomic mass is 35.5. The highest BCUT2D eigenvalue weighted by Crippen LogP contribution is 2.32. The van der Waals surface area contributed by atoms with Crippen molar-refractivity contribution in [2.75, 3.05) is 6.61 Å². The van der Waals surface area contributed by atoms with E-state index in [4.69, 9.17) is 16.3 Å². The molecule has 0 aliphatic carbocycles. The molecule has 6 nitrogen and oxygen atoms in total. The summed E-state index contributed by atoms with van der Waals surface area (Å²) in [5.41, 5.74) is 3.14. The molecular weight excluding hydrogens is 429 g/mol. The highest BCUT2D eigenvalue weighted by Gasteiger charge is 2.22. The molecule has 4 rings (SSSR count). The van der Waals surface area contributed by atoms with E-state index in [1.165, 1.54) is 31.7 Å². The Morgan fingerprint density at radius 1 is 1.34 bits per heavy atom. The van der Waals surface area contributed by atoms with E-state index >= 15 is 0 Å². The molecule has 1 saturated heterocycles. The predicted molar refractivity (Wildman–Crippen MR) is 128 cm³/mol. The largest absolute Gasteiger partial charge is 0.378 e. The van der Waals surface area contributed by atoms with Crippen molar-refractivity contribution in [2.45, 2.75) is 60.0 Å². The molecule has 0 saturated carbocycles. The second-order valence-electron chi connectivity index (χ2n) is 8.30. The molecule has 32 heavy (non-hydrogen) atoms. The van der Waals surface area contributed by atoms with E-state index in [-0.39, 0.29) is 11.1 Å². The first-order valence-electron chi connectivity index (χ1n) is 11.1. The van der Waals surface area contributed by atoms with Crippen LogP contribution in [0.4, 0.5) is 10.1 Å². The van der Waals surface area contributed by atoms with Crippen molar-refractivity contribution in [3.8, 4) is 11.3 Å². The maximum atomic E-state index is 14.1. The molecule has 0 amide bonds. The normalized spacial score (nSPS) is 19.7. The number of aromatic nitrogens is 4. The van der Waals surface area contributed by atoms with Crippen molar-refractivity contribution in [2.24, 2.45) is 16.8 Å². The molecule has 1 fully saturated rings. The number of imidazole rings is 1. The van der Waals surface area contributed by atoms with Crippen molar-refractivity contribution in [1.82, 2.24) is 19.9 Å². The van der Waals surface area contributed by atoms with Gasteiger partial charge in [0.25, 0.3) is 0 Å². The minimum absolute atomic E-state index is 0.0612. The fraction of sp³-hybridized carbons (Fsp3) is 0.500. The molecule has 1 aromatic carbocycles. The lowest BCUT2D eigenvalue weighted by atomic mass is 9.86. The van der Waals surface area contributed by atoms with Gasteiger partial charge in [-0.3, -0.25) is 4.99 Å². The molecule has 0 radical (unpaired) electrons. The number of fused-ring (bicyclic) bond motifs is 1. The van der Waals surface area contributed by atoms with Crippen LogP contribution in [0.2, 0.25) is 5.28 Å². The van der Waals surface area contributed by atoms with Gasteiger partial charge < -0.3 is 9.72 Å². The molecule has 8 heteroatoms. The number of rotatable bonds is 4. The van der Waals surface area contributed by atoms with Gasteiger partial charge in [0, 0.05) is 23.9 Å². The number of hydrogen-bond acceptors (Lipinski definition) is 5. The van der Waals surface area contributed by atoms with Crippen LogP contribution in [0.1, 0.15) is 52.5 Å². The fourth-order valence-corrected chi connectivity index (χ4v) is 3.94. The van der Waals surface area contributed by atoms with Crippen LogP contribution in [0.15, 0.2) is 23.5 Å². The van der Waals surface area contributed by atoms with Gasteiger partial charge in [0.05, 0.1) is 18.1 Å². The van der Waals surface area contributed by atoms with Crippen LogP contribution in [-0.2, 0) is 4.74 Å². The second kappa shape index (κ2) is 11.0. The van der Waals surface area contributed by atoms with Gasteiger partial charge in [-0.05, 0) is 69.2 Å². The van der Waals surface area contributed by atoms with Gasteiger partial charge in [0.15, 0.2) is 5.65 Å². The van der Waals surface area contributed by atoms with Gasteiger partial charge >= 0.3 is 0 Å². The van der Waals surface area contributed by atoms with Gasteiger partial charge in [-0.15, -0.1) is 0 Å². The first-order chi connectivity index (χ1) is 15.3. The number of aromatic amines is 1. The number of hydrogen-bond donors (Lipinski definition) is 1. The molecule has 0 bridgehead atoms. The average molecular weight is 460 g/mol. The van der Waals surface area contributed by atoms with Crippen LogP contribution in [0.5, 0.6) is 0 Å². The minimum atomic E-state index is -0.351. The Bertz CT molecular complexity index is 1080. The summed E-state index contributed by atoms with van der Waals surface area (Å²) in [6.45, 7) is 11.2. The van der Waals surface area contributed by atoms with Crippen molar-refractivity contribution in [3.63, 3.8) is 0 Å². The SMILES string of the molecule is CC=Nc1cc(-c2nc(Cl)nc3nc[nH]c23)cc(F)c1C.CCC(C)C1CCC(C)OC1. The van der Waals surface area contributed by atoms with Gasteiger partial charge in [0.1, 0.15) is 17.0 Å². The summed E-state index contributed by atoms with van der Waals surface area (Å²) < 4.78 is 19.7. The summed E-state index contributed by atoms with van der Waals surface area (Å²) in [5.74, 6) is 1.33. The zero-order chi connectivity index (χ0) is 23.3. The Morgan fingerprint density at radius 2 is 2.12 bits per heavy atom. The van der Waals surface area contributed by atoms with Gasteiger partial charge in [-0.1, -0.05) is 20.3 Å². The summed E-state index contributed by atoms with van der Waals surface area (Å²) in [6.07, 6.45) is 7.54. The molecule has 2 aromatic heterocycles. The highest BCUT2D eigenvalue weighted by molar-refractivity contribution is 6.28. The van der Waals surface area contributed by atoms with Gasteiger partial charge in [-0.2, -0.15) is 4.98 Å². The average Bonchev–Trinajstić information content (AvgIpc) is 3.25.